The molecule has 1 atom stereocenters. The van der Waals surface area contributed by atoms with Crippen LogP contribution in [0.25, 0.3) is 0 Å². The number of benzene rings is 1. The topological polar surface area (TPSA) is 44.7 Å². The van der Waals surface area contributed by atoms with Gasteiger partial charge in [-0.25, -0.2) is 0 Å². The number of hydrogen-bond acceptors (Lipinski definition) is 4. The van der Waals surface area contributed by atoms with Crippen LogP contribution in [-0.2, 0) is 11.3 Å². The number of rotatable bonds is 5. The van der Waals surface area contributed by atoms with Gasteiger partial charge in [-0.05, 0) is 37.9 Å². The summed E-state index contributed by atoms with van der Waals surface area (Å²) in [4.78, 5) is 2.52. The molecule has 116 valence electrons. The van der Waals surface area contributed by atoms with E-state index in [0.29, 0.717) is 12.6 Å². The van der Waals surface area contributed by atoms with Gasteiger partial charge in [0.2, 0.25) is 0 Å². The molecule has 2 N–H and O–H groups in total. The van der Waals surface area contributed by atoms with Gasteiger partial charge >= 0.3 is 0 Å². The Morgan fingerprint density at radius 2 is 2.00 bits per heavy atom. The molecule has 2 aliphatic heterocycles. The minimum absolute atomic E-state index is 0.178. The van der Waals surface area contributed by atoms with Gasteiger partial charge in [-0.2, -0.15) is 0 Å². The van der Waals surface area contributed by atoms with Crippen molar-refractivity contribution in [2.24, 2.45) is 0 Å². The number of likely N-dealkylation sites (tertiary alicyclic amines) is 1. The second-order valence-electron chi connectivity index (χ2n) is 6.42. The number of nitrogens with one attached hydrogen (secondary N) is 1. The average molecular weight is 290 g/mol. The van der Waals surface area contributed by atoms with E-state index in [1.54, 1.807) is 0 Å². The van der Waals surface area contributed by atoms with E-state index in [1.807, 2.05) is 0 Å². The molecule has 1 aromatic rings. The van der Waals surface area contributed by atoms with Crippen molar-refractivity contribution in [2.75, 3.05) is 32.9 Å². The molecule has 0 amide bonds. The fraction of sp³-hybridized carbons (Fsp3) is 0.647. The SMILES string of the molecule is OC[C@]1(NC2CCN(Cc3ccccc3)CC2)CCOC1. The van der Waals surface area contributed by atoms with Crippen LogP contribution in [0.3, 0.4) is 0 Å². The van der Waals surface area contributed by atoms with E-state index in [0.717, 1.165) is 45.5 Å². The smallest absolute Gasteiger partial charge is 0.0675 e. The van der Waals surface area contributed by atoms with Crippen molar-refractivity contribution in [1.82, 2.24) is 10.2 Å². The van der Waals surface area contributed by atoms with Crippen molar-refractivity contribution in [3.63, 3.8) is 0 Å². The molecule has 0 aromatic heterocycles. The quantitative estimate of drug-likeness (QED) is 0.860. The summed E-state index contributed by atoms with van der Waals surface area (Å²) in [7, 11) is 0. The minimum atomic E-state index is -0.188. The molecule has 2 aliphatic rings. The second-order valence-corrected chi connectivity index (χ2v) is 6.42. The lowest BCUT2D eigenvalue weighted by Crippen LogP contribution is -2.56. The van der Waals surface area contributed by atoms with Crippen LogP contribution in [0, 0.1) is 0 Å². The van der Waals surface area contributed by atoms with Crippen molar-refractivity contribution < 1.29 is 9.84 Å². The van der Waals surface area contributed by atoms with Crippen molar-refractivity contribution in [2.45, 2.75) is 37.4 Å². The van der Waals surface area contributed by atoms with Crippen LogP contribution < -0.4 is 5.32 Å². The summed E-state index contributed by atoms with van der Waals surface area (Å²) in [6.45, 7) is 4.87. The van der Waals surface area contributed by atoms with Gasteiger partial charge in [-0.15, -0.1) is 0 Å². The maximum atomic E-state index is 9.64. The summed E-state index contributed by atoms with van der Waals surface area (Å²) in [6.07, 6.45) is 3.22. The third-order valence-corrected chi connectivity index (χ3v) is 4.75. The number of ether oxygens (including phenoxy) is 1. The highest BCUT2D eigenvalue weighted by molar-refractivity contribution is 5.14. The van der Waals surface area contributed by atoms with E-state index in [2.05, 4.69) is 40.5 Å². The van der Waals surface area contributed by atoms with Crippen LogP contribution in [0.1, 0.15) is 24.8 Å². The van der Waals surface area contributed by atoms with Crippen molar-refractivity contribution in [3.8, 4) is 0 Å². The number of aliphatic hydroxyl groups is 1. The van der Waals surface area contributed by atoms with Gasteiger partial charge in [-0.3, -0.25) is 4.90 Å². The van der Waals surface area contributed by atoms with E-state index in [-0.39, 0.29) is 12.1 Å². The Kier molecular flexibility index (Phi) is 4.91. The maximum Gasteiger partial charge on any atom is 0.0675 e. The molecule has 1 aromatic carbocycles. The molecule has 0 saturated carbocycles. The molecule has 2 saturated heterocycles. The van der Waals surface area contributed by atoms with Gasteiger partial charge in [0.15, 0.2) is 0 Å². The zero-order chi connectivity index (χ0) is 14.5. The zero-order valence-corrected chi connectivity index (χ0v) is 12.6. The standard InChI is InChI=1S/C17H26N2O2/c20-13-17(8-11-21-14-17)18-16-6-9-19(10-7-16)12-15-4-2-1-3-5-15/h1-5,16,18,20H,6-14H2/t17-/m1/s1. The molecule has 0 bridgehead atoms. The lowest BCUT2D eigenvalue weighted by molar-refractivity contribution is 0.0960. The first-order valence-electron chi connectivity index (χ1n) is 8.02. The highest BCUT2D eigenvalue weighted by Crippen LogP contribution is 2.22. The van der Waals surface area contributed by atoms with Gasteiger partial charge in [-0.1, -0.05) is 30.3 Å². The van der Waals surface area contributed by atoms with Crippen molar-refractivity contribution in [3.05, 3.63) is 35.9 Å². The van der Waals surface area contributed by atoms with Gasteiger partial charge in [0.25, 0.3) is 0 Å². The molecule has 2 heterocycles. The number of hydrogen-bond donors (Lipinski definition) is 2. The van der Waals surface area contributed by atoms with Crippen LogP contribution >= 0.6 is 0 Å². The Balaban J connectivity index is 1.47. The molecule has 0 aliphatic carbocycles. The summed E-state index contributed by atoms with van der Waals surface area (Å²) in [6, 6.07) is 11.2. The number of aliphatic hydroxyl groups excluding tert-OH is 1. The molecule has 2 fully saturated rings. The highest BCUT2D eigenvalue weighted by Gasteiger charge is 2.36. The summed E-state index contributed by atoms with van der Waals surface area (Å²) in [5.74, 6) is 0. The van der Waals surface area contributed by atoms with E-state index in [4.69, 9.17) is 4.74 Å². The van der Waals surface area contributed by atoms with Gasteiger partial charge in [0.05, 0.1) is 18.8 Å². The molecule has 0 unspecified atom stereocenters. The fourth-order valence-corrected chi connectivity index (χ4v) is 3.40. The van der Waals surface area contributed by atoms with E-state index >= 15 is 0 Å². The number of piperidine rings is 1. The first kappa shape index (κ1) is 15.0. The van der Waals surface area contributed by atoms with Gasteiger partial charge < -0.3 is 15.2 Å². The normalized spacial score (nSPS) is 28.0. The molecule has 4 nitrogen and oxygen atoms in total. The number of nitrogens with zero attached hydrogens (tertiary/aromatic N) is 1. The van der Waals surface area contributed by atoms with E-state index < -0.39 is 0 Å². The van der Waals surface area contributed by atoms with Crippen molar-refractivity contribution >= 4 is 0 Å². The summed E-state index contributed by atoms with van der Waals surface area (Å²) in [5.41, 5.74) is 1.20. The first-order valence-corrected chi connectivity index (χ1v) is 8.02. The largest absolute Gasteiger partial charge is 0.394 e. The van der Waals surface area contributed by atoms with Crippen LogP contribution in [0.4, 0.5) is 0 Å². The Labute approximate surface area is 127 Å². The van der Waals surface area contributed by atoms with Crippen LogP contribution in [-0.4, -0.2) is 54.5 Å². The Morgan fingerprint density at radius 1 is 1.24 bits per heavy atom. The molecule has 0 radical (unpaired) electrons. The monoisotopic (exact) mass is 290 g/mol. The highest BCUT2D eigenvalue weighted by atomic mass is 16.5. The van der Waals surface area contributed by atoms with E-state index in [1.165, 1.54) is 5.56 Å². The lowest BCUT2D eigenvalue weighted by Gasteiger charge is -2.37. The minimum Gasteiger partial charge on any atom is -0.394 e. The van der Waals surface area contributed by atoms with Crippen LogP contribution in [0.5, 0.6) is 0 Å². The third kappa shape index (κ3) is 3.83. The Hall–Kier alpha value is -0.940. The molecule has 21 heavy (non-hydrogen) atoms. The molecular weight excluding hydrogens is 264 g/mol. The molecular formula is C17H26N2O2. The lowest BCUT2D eigenvalue weighted by atomic mass is 9.95. The summed E-state index contributed by atoms with van der Waals surface area (Å²) in [5, 5.41) is 13.3. The fourth-order valence-electron chi connectivity index (χ4n) is 3.40. The third-order valence-electron chi connectivity index (χ3n) is 4.75. The van der Waals surface area contributed by atoms with Gasteiger partial charge in [0.1, 0.15) is 0 Å². The molecule has 3 rings (SSSR count). The molecule has 4 heteroatoms. The van der Waals surface area contributed by atoms with E-state index in [9.17, 15) is 5.11 Å². The van der Waals surface area contributed by atoms with Crippen molar-refractivity contribution in [1.29, 1.82) is 0 Å². The second kappa shape index (κ2) is 6.88. The first-order chi connectivity index (χ1) is 10.3. The predicted octanol–water partition coefficient (Wildman–Crippen LogP) is 1.39. The van der Waals surface area contributed by atoms with Gasteiger partial charge in [0, 0.05) is 19.2 Å². The Bertz CT molecular complexity index is 424. The molecule has 0 spiro atoms. The zero-order valence-electron chi connectivity index (χ0n) is 12.6. The predicted molar refractivity (Wildman–Crippen MR) is 83.1 cm³/mol. The summed E-state index contributed by atoms with van der Waals surface area (Å²) < 4.78 is 5.46. The van der Waals surface area contributed by atoms with Crippen LogP contribution in [0.15, 0.2) is 30.3 Å². The van der Waals surface area contributed by atoms with Crippen LogP contribution in [0.2, 0.25) is 0 Å². The summed E-state index contributed by atoms with van der Waals surface area (Å²) >= 11 is 0. The average Bonchev–Trinajstić information content (AvgIpc) is 2.99. The maximum absolute atomic E-state index is 9.64. The Morgan fingerprint density at radius 3 is 2.62 bits per heavy atom.